The van der Waals surface area contributed by atoms with Gasteiger partial charge < -0.3 is 15.0 Å². The SMILES string of the molecule is C[C@@H]1CN(C(=O)[C@H]2CCc3c(sc4ncnc(Nc5cc6c(cc5F)CN=C6)c34)C2)C[C@@H](C)O1. The fraction of sp³-hybridized carbons (Fsp3) is 0.440. The molecule has 3 aromatic rings. The Kier molecular flexibility index (Phi) is 5.33. The maximum atomic E-state index is 14.8. The lowest BCUT2D eigenvalue weighted by Gasteiger charge is -2.37. The predicted octanol–water partition coefficient (Wildman–Crippen LogP) is 4.25. The lowest BCUT2D eigenvalue weighted by Crippen LogP contribution is -2.50. The largest absolute Gasteiger partial charge is 0.372 e. The first kappa shape index (κ1) is 21.6. The molecule has 9 heteroatoms. The van der Waals surface area contributed by atoms with Gasteiger partial charge in [0.15, 0.2) is 0 Å². The first-order valence-electron chi connectivity index (χ1n) is 11.7. The van der Waals surface area contributed by atoms with Crippen LogP contribution in [0.15, 0.2) is 23.5 Å². The minimum absolute atomic E-state index is 0.0316. The fourth-order valence-corrected chi connectivity index (χ4v) is 6.65. The lowest BCUT2D eigenvalue weighted by atomic mass is 9.86. The second-order valence-corrected chi connectivity index (χ2v) is 10.6. The van der Waals surface area contributed by atoms with Crippen LogP contribution in [-0.2, 0) is 28.9 Å². The van der Waals surface area contributed by atoms with E-state index in [-0.39, 0.29) is 29.9 Å². The average Bonchev–Trinajstić information content (AvgIpc) is 3.41. The van der Waals surface area contributed by atoms with Crippen LogP contribution in [0.4, 0.5) is 15.9 Å². The zero-order chi connectivity index (χ0) is 23.4. The molecule has 176 valence electrons. The number of halogens is 1. The van der Waals surface area contributed by atoms with Crippen molar-refractivity contribution in [3.63, 3.8) is 0 Å². The first-order chi connectivity index (χ1) is 16.5. The number of amides is 1. The van der Waals surface area contributed by atoms with Crippen LogP contribution < -0.4 is 5.32 Å². The van der Waals surface area contributed by atoms with Crippen LogP contribution >= 0.6 is 11.3 Å². The molecule has 4 heterocycles. The number of fused-ring (bicyclic) bond motifs is 4. The second kappa shape index (κ2) is 8.39. The van der Waals surface area contributed by atoms with Gasteiger partial charge in [-0.2, -0.15) is 0 Å². The van der Waals surface area contributed by atoms with Crippen molar-refractivity contribution in [1.82, 2.24) is 14.9 Å². The van der Waals surface area contributed by atoms with Crippen molar-refractivity contribution in [3.8, 4) is 0 Å². The Balaban J connectivity index is 1.28. The zero-order valence-electron chi connectivity index (χ0n) is 19.2. The summed E-state index contributed by atoms with van der Waals surface area (Å²) in [5.41, 5.74) is 3.38. The molecular weight excluding hydrogens is 453 g/mol. The third-order valence-electron chi connectivity index (χ3n) is 6.90. The van der Waals surface area contributed by atoms with Gasteiger partial charge in [0.1, 0.15) is 22.8 Å². The quantitative estimate of drug-likeness (QED) is 0.608. The number of hydrogen-bond donors (Lipinski definition) is 1. The molecule has 2 aromatic heterocycles. The Labute approximate surface area is 201 Å². The predicted molar refractivity (Wildman–Crippen MR) is 130 cm³/mol. The van der Waals surface area contributed by atoms with E-state index >= 15 is 0 Å². The minimum atomic E-state index is -0.320. The average molecular weight is 480 g/mol. The number of aromatic nitrogens is 2. The van der Waals surface area contributed by atoms with Gasteiger partial charge in [0.05, 0.1) is 29.8 Å². The number of ether oxygens (including phenoxy) is 1. The summed E-state index contributed by atoms with van der Waals surface area (Å²) in [5, 5.41) is 4.15. The van der Waals surface area contributed by atoms with Crippen molar-refractivity contribution in [2.24, 2.45) is 10.9 Å². The monoisotopic (exact) mass is 479 g/mol. The van der Waals surface area contributed by atoms with Gasteiger partial charge in [0.25, 0.3) is 0 Å². The Morgan fingerprint density at radius 3 is 2.88 bits per heavy atom. The summed E-state index contributed by atoms with van der Waals surface area (Å²) in [6.45, 7) is 5.85. The van der Waals surface area contributed by atoms with Crippen molar-refractivity contribution >= 4 is 45.2 Å². The van der Waals surface area contributed by atoms with Crippen LogP contribution in [0.1, 0.15) is 41.8 Å². The van der Waals surface area contributed by atoms with Crippen LogP contribution in [0.25, 0.3) is 10.2 Å². The van der Waals surface area contributed by atoms with E-state index in [0.29, 0.717) is 37.6 Å². The highest BCUT2D eigenvalue weighted by Gasteiger charge is 2.34. The van der Waals surface area contributed by atoms with E-state index in [1.54, 1.807) is 23.6 Å². The van der Waals surface area contributed by atoms with E-state index in [0.717, 1.165) is 34.2 Å². The number of aliphatic imine (C=N–C) groups is 1. The summed E-state index contributed by atoms with van der Waals surface area (Å²) in [5.74, 6) is 0.476. The maximum absolute atomic E-state index is 14.8. The third-order valence-corrected chi connectivity index (χ3v) is 8.06. The highest BCUT2D eigenvalue weighted by molar-refractivity contribution is 7.19. The summed E-state index contributed by atoms with van der Waals surface area (Å²) in [6, 6.07) is 3.32. The van der Waals surface area contributed by atoms with Gasteiger partial charge in [-0.1, -0.05) is 0 Å². The van der Waals surface area contributed by atoms with Gasteiger partial charge >= 0.3 is 0 Å². The van der Waals surface area contributed by atoms with Gasteiger partial charge in [-0.05, 0) is 61.9 Å². The molecule has 0 saturated carbocycles. The highest BCUT2D eigenvalue weighted by atomic mass is 32.1. The van der Waals surface area contributed by atoms with Crippen molar-refractivity contribution in [1.29, 1.82) is 0 Å². The molecule has 6 rings (SSSR count). The fourth-order valence-electron chi connectivity index (χ4n) is 5.39. The summed E-state index contributed by atoms with van der Waals surface area (Å²) in [7, 11) is 0. The molecule has 1 N–H and O–H groups in total. The van der Waals surface area contributed by atoms with E-state index < -0.39 is 0 Å². The number of nitrogens with zero attached hydrogens (tertiary/aromatic N) is 4. The van der Waals surface area contributed by atoms with Crippen LogP contribution in [-0.4, -0.2) is 52.3 Å². The van der Waals surface area contributed by atoms with Gasteiger partial charge in [-0.15, -0.1) is 11.3 Å². The number of carbonyl (C=O) groups excluding carboxylic acids is 1. The van der Waals surface area contributed by atoms with Crippen LogP contribution in [0, 0.1) is 11.7 Å². The smallest absolute Gasteiger partial charge is 0.226 e. The number of rotatable bonds is 3. The van der Waals surface area contributed by atoms with Gasteiger partial charge in [-0.25, -0.2) is 14.4 Å². The molecule has 2 aliphatic heterocycles. The standard InChI is InChI=1S/C25H26FN5O2S/c1-13-10-31(11-14(2)33-13)25(32)15-3-4-18-21(7-15)34-24-22(18)23(28-12-29-24)30-20-6-17-9-27-8-16(17)5-19(20)26/h5-6,9,12-15H,3-4,7-8,10-11H2,1-2H3,(H,28,29,30)/t13-,14-,15+/m1/s1. The Hall–Kier alpha value is -2.91. The van der Waals surface area contributed by atoms with E-state index in [4.69, 9.17) is 4.74 Å². The van der Waals surface area contributed by atoms with Gasteiger partial charge in [0.2, 0.25) is 5.91 Å². The van der Waals surface area contributed by atoms with Crippen molar-refractivity contribution in [2.75, 3.05) is 18.4 Å². The molecule has 3 atom stereocenters. The molecule has 1 amide bonds. The molecule has 34 heavy (non-hydrogen) atoms. The van der Waals surface area contributed by atoms with Crippen LogP contribution in [0.2, 0.25) is 0 Å². The summed E-state index contributed by atoms with van der Waals surface area (Å²) < 4.78 is 20.6. The Bertz CT molecular complexity index is 1310. The first-order valence-corrected chi connectivity index (χ1v) is 12.6. The second-order valence-electron chi connectivity index (χ2n) is 9.47. The number of thiophene rings is 1. The molecule has 0 bridgehead atoms. The summed E-state index contributed by atoms with van der Waals surface area (Å²) >= 11 is 1.62. The number of morpholine rings is 1. The molecule has 0 unspecified atom stereocenters. The van der Waals surface area contributed by atoms with Crippen LogP contribution in [0.3, 0.4) is 0 Å². The number of carbonyl (C=O) groups is 1. The molecule has 1 fully saturated rings. The normalized spacial score (nSPS) is 23.7. The Morgan fingerprint density at radius 1 is 1.24 bits per heavy atom. The maximum Gasteiger partial charge on any atom is 0.226 e. The van der Waals surface area contributed by atoms with Crippen molar-refractivity contribution in [2.45, 2.75) is 51.9 Å². The third kappa shape index (κ3) is 3.76. The molecule has 3 aliphatic rings. The van der Waals surface area contributed by atoms with Crippen LogP contribution in [0.5, 0.6) is 0 Å². The number of aryl methyl sites for hydroxylation is 1. The zero-order valence-corrected chi connectivity index (χ0v) is 20.0. The summed E-state index contributed by atoms with van der Waals surface area (Å²) in [6.07, 6.45) is 5.68. The van der Waals surface area contributed by atoms with Crippen molar-refractivity contribution < 1.29 is 13.9 Å². The molecule has 1 saturated heterocycles. The number of nitrogens with one attached hydrogen (secondary N) is 1. The number of benzene rings is 1. The van der Waals surface area contributed by atoms with E-state index in [1.807, 2.05) is 18.7 Å². The Morgan fingerprint density at radius 2 is 2.06 bits per heavy atom. The van der Waals surface area contributed by atoms with Gasteiger partial charge in [0, 0.05) is 30.1 Å². The van der Waals surface area contributed by atoms with E-state index in [9.17, 15) is 9.18 Å². The topological polar surface area (TPSA) is 79.7 Å². The molecule has 1 aromatic carbocycles. The highest BCUT2D eigenvalue weighted by Crippen LogP contribution is 2.41. The van der Waals surface area contributed by atoms with E-state index in [2.05, 4.69) is 20.3 Å². The molecule has 0 spiro atoms. The number of hydrogen-bond acceptors (Lipinski definition) is 7. The van der Waals surface area contributed by atoms with Crippen molar-refractivity contribution in [3.05, 3.63) is 45.8 Å². The molecule has 7 nitrogen and oxygen atoms in total. The van der Waals surface area contributed by atoms with E-state index in [1.165, 1.54) is 22.8 Å². The lowest BCUT2D eigenvalue weighted by molar-refractivity contribution is -0.147. The molecule has 1 aliphatic carbocycles. The van der Waals surface area contributed by atoms with Gasteiger partial charge in [-0.3, -0.25) is 9.79 Å². The molecular formula is C25H26FN5O2S. The number of anilines is 2. The molecule has 0 radical (unpaired) electrons. The summed E-state index contributed by atoms with van der Waals surface area (Å²) in [4.78, 5) is 30.5. The minimum Gasteiger partial charge on any atom is -0.372 e.